The van der Waals surface area contributed by atoms with Crippen molar-refractivity contribution in [2.75, 3.05) is 6.54 Å². The number of likely N-dealkylation sites (tertiary alicyclic amines) is 1. The molecule has 0 spiro atoms. The average molecular weight is 231 g/mol. The smallest absolute Gasteiger partial charge is 0.131 e. The zero-order chi connectivity index (χ0) is 12.3. The van der Waals surface area contributed by atoms with E-state index in [0.717, 1.165) is 13.1 Å². The predicted octanol–water partition coefficient (Wildman–Crippen LogP) is 2.88. The molecule has 17 heavy (non-hydrogen) atoms. The number of hydrogen-bond donors (Lipinski definition) is 0. The van der Waals surface area contributed by atoms with Gasteiger partial charge in [0.05, 0.1) is 0 Å². The number of nitrogens with zero attached hydrogens (tertiary/aromatic N) is 1. The SMILES string of the molecule is CC(=O)CC1C(C)CCN1Cc1ccccc1. The van der Waals surface area contributed by atoms with Gasteiger partial charge >= 0.3 is 0 Å². The highest BCUT2D eigenvalue weighted by Crippen LogP contribution is 2.28. The topological polar surface area (TPSA) is 20.3 Å². The predicted molar refractivity (Wildman–Crippen MR) is 69.7 cm³/mol. The number of benzene rings is 1. The minimum absolute atomic E-state index is 0.307. The van der Waals surface area contributed by atoms with E-state index < -0.39 is 0 Å². The summed E-state index contributed by atoms with van der Waals surface area (Å²) in [5, 5.41) is 0. The van der Waals surface area contributed by atoms with Crippen LogP contribution in [0.4, 0.5) is 0 Å². The van der Waals surface area contributed by atoms with E-state index in [1.54, 1.807) is 6.92 Å². The largest absolute Gasteiger partial charge is 0.300 e. The summed E-state index contributed by atoms with van der Waals surface area (Å²) in [4.78, 5) is 13.8. The quantitative estimate of drug-likeness (QED) is 0.794. The van der Waals surface area contributed by atoms with Crippen molar-refractivity contribution in [3.8, 4) is 0 Å². The average Bonchev–Trinajstić information content (AvgIpc) is 2.62. The highest BCUT2D eigenvalue weighted by atomic mass is 16.1. The van der Waals surface area contributed by atoms with Crippen molar-refractivity contribution in [1.82, 2.24) is 4.90 Å². The Kier molecular flexibility index (Phi) is 3.95. The molecule has 2 nitrogen and oxygen atoms in total. The maximum atomic E-state index is 11.3. The van der Waals surface area contributed by atoms with Crippen LogP contribution >= 0.6 is 0 Å². The molecule has 2 rings (SSSR count). The summed E-state index contributed by atoms with van der Waals surface area (Å²) >= 11 is 0. The second kappa shape index (κ2) is 5.46. The fourth-order valence-corrected chi connectivity index (χ4v) is 2.73. The molecule has 1 aliphatic rings. The molecule has 0 bridgehead atoms. The third-order valence-electron chi connectivity index (χ3n) is 3.72. The van der Waals surface area contributed by atoms with Gasteiger partial charge in [-0.2, -0.15) is 0 Å². The van der Waals surface area contributed by atoms with Crippen molar-refractivity contribution < 1.29 is 4.79 Å². The molecule has 1 aromatic carbocycles. The number of carbonyl (C=O) groups excluding carboxylic acids is 1. The summed E-state index contributed by atoms with van der Waals surface area (Å²) in [6.07, 6.45) is 1.92. The number of rotatable bonds is 4. The Hall–Kier alpha value is -1.15. The third kappa shape index (κ3) is 3.16. The first kappa shape index (κ1) is 12.3. The van der Waals surface area contributed by atoms with Gasteiger partial charge < -0.3 is 0 Å². The van der Waals surface area contributed by atoms with Crippen LogP contribution in [0.25, 0.3) is 0 Å². The molecular formula is C15H21NO. The first-order valence-electron chi connectivity index (χ1n) is 6.44. The van der Waals surface area contributed by atoms with Crippen LogP contribution in [0.1, 0.15) is 32.3 Å². The monoisotopic (exact) mass is 231 g/mol. The zero-order valence-corrected chi connectivity index (χ0v) is 10.7. The van der Waals surface area contributed by atoms with Crippen molar-refractivity contribution in [1.29, 1.82) is 0 Å². The molecule has 1 saturated heterocycles. The Bertz CT molecular complexity index is 374. The van der Waals surface area contributed by atoms with E-state index in [0.29, 0.717) is 24.2 Å². The normalized spacial score (nSPS) is 25.1. The molecule has 2 heteroatoms. The van der Waals surface area contributed by atoms with Crippen LogP contribution in [-0.4, -0.2) is 23.3 Å². The summed E-state index contributed by atoms with van der Waals surface area (Å²) in [5.74, 6) is 0.949. The lowest BCUT2D eigenvalue weighted by atomic mass is 9.98. The van der Waals surface area contributed by atoms with E-state index in [4.69, 9.17) is 0 Å². The fourth-order valence-electron chi connectivity index (χ4n) is 2.73. The van der Waals surface area contributed by atoms with Crippen LogP contribution in [0, 0.1) is 5.92 Å². The van der Waals surface area contributed by atoms with E-state index in [2.05, 4.69) is 36.1 Å². The van der Waals surface area contributed by atoms with Crippen LogP contribution < -0.4 is 0 Å². The molecule has 0 aliphatic carbocycles. The van der Waals surface area contributed by atoms with Gasteiger partial charge in [0, 0.05) is 19.0 Å². The van der Waals surface area contributed by atoms with Crippen molar-refractivity contribution >= 4 is 5.78 Å². The minimum Gasteiger partial charge on any atom is -0.300 e. The third-order valence-corrected chi connectivity index (χ3v) is 3.72. The highest BCUT2D eigenvalue weighted by Gasteiger charge is 2.31. The molecule has 0 radical (unpaired) electrons. The standard InChI is InChI=1S/C15H21NO/c1-12-8-9-16(15(12)10-13(2)17)11-14-6-4-3-5-7-14/h3-7,12,15H,8-11H2,1-2H3. The molecular weight excluding hydrogens is 210 g/mol. The fraction of sp³-hybridized carbons (Fsp3) is 0.533. The van der Waals surface area contributed by atoms with Crippen LogP contribution in [0.5, 0.6) is 0 Å². The molecule has 0 amide bonds. The molecule has 0 aromatic heterocycles. The summed E-state index contributed by atoms with van der Waals surface area (Å²) < 4.78 is 0. The van der Waals surface area contributed by atoms with Gasteiger partial charge in [0.2, 0.25) is 0 Å². The van der Waals surface area contributed by atoms with E-state index in [9.17, 15) is 4.79 Å². The van der Waals surface area contributed by atoms with Crippen LogP contribution in [0.2, 0.25) is 0 Å². The Morgan fingerprint density at radius 2 is 2.06 bits per heavy atom. The molecule has 0 saturated carbocycles. The van der Waals surface area contributed by atoms with Crippen molar-refractivity contribution in [2.45, 2.75) is 39.3 Å². The second-order valence-corrected chi connectivity index (χ2v) is 5.20. The van der Waals surface area contributed by atoms with Gasteiger partial charge in [0.25, 0.3) is 0 Å². The highest BCUT2D eigenvalue weighted by molar-refractivity contribution is 5.76. The molecule has 2 atom stereocenters. The van der Waals surface area contributed by atoms with E-state index in [1.807, 2.05) is 6.07 Å². The Balaban J connectivity index is 2.02. The van der Waals surface area contributed by atoms with Gasteiger partial charge in [-0.25, -0.2) is 0 Å². The molecule has 1 aromatic rings. The minimum atomic E-state index is 0.307. The van der Waals surface area contributed by atoms with Gasteiger partial charge in [-0.05, 0) is 31.4 Å². The van der Waals surface area contributed by atoms with Gasteiger partial charge in [0.1, 0.15) is 5.78 Å². The maximum absolute atomic E-state index is 11.3. The lowest BCUT2D eigenvalue weighted by Crippen LogP contribution is -2.33. The first-order chi connectivity index (χ1) is 8.16. The summed E-state index contributed by atoms with van der Waals surface area (Å²) in [5.41, 5.74) is 1.34. The summed E-state index contributed by atoms with van der Waals surface area (Å²) in [7, 11) is 0. The van der Waals surface area contributed by atoms with Crippen LogP contribution in [0.3, 0.4) is 0 Å². The summed E-state index contributed by atoms with van der Waals surface area (Å²) in [6, 6.07) is 11.0. The Morgan fingerprint density at radius 1 is 1.35 bits per heavy atom. The molecule has 2 unspecified atom stereocenters. The van der Waals surface area contributed by atoms with Crippen molar-refractivity contribution in [2.24, 2.45) is 5.92 Å². The Morgan fingerprint density at radius 3 is 2.71 bits per heavy atom. The molecule has 1 heterocycles. The molecule has 1 aliphatic heterocycles. The Labute approximate surface area is 104 Å². The van der Waals surface area contributed by atoms with Crippen LogP contribution in [0.15, 0.2) is 30.3 Å². The number of ketones is 1. The lowest BCUT2D eigenvalue weighted by molar-refractivity contribution is -0.118. The number of carbonyl (C=O) groups is 1. The first-order valence-corrected chi connectivity index (χ1v) is 6.44. The molecule has 0 N–H and O–H groups in total. The van der Waals surface area contributed by atoms with E-state index in [-0.39, 0.29) is 0 Å². The van der Waals surface area contributed by atoms with Crippen molar-refractivity contribution in [3.05, 3.63) is 35.9 Å². The number of Topliss-reactive ketones (excluding diaryl/α,β-unsaturated/α-hetero) is 1. The maximum Gasteiger partial charge on any atom is 0.131 e. The lowest BCUT2D eigenvalue weighted by Gasteiger charge is -2.26. The van der Waals surface area contributed by atoms with Gasteiger partial charge in [-0.3, -0.25) is 9.69 Å². The van der Waals surface area contributed by atoms with Crippen LogP contribution in [-0.2, 0) is 11.3 Å². The van der Waals surface area contributed by atoms with Crippen molar-refractivity contribution in [3.63, 3.8) is 0 Å². The van der Waals surface area contributed by atoms with E-state index >= 15 is 0 Å². The number of hydrogen-bond acceptors (Lipinski definition) is 2. The summed E-state index contributed by atoms with van der Waals surface area (Å²) in [6.45, 7) is 6.06. The molecule has 92 valence electrons. The van der Waals surface area contributed by atoms with Gasteiger partial charge in [0.15, 0.2) is 0 Å². The van der Waals surface area contributed by atoms with Gasteiger partial charge in [-0.1, -0.05) is 37.3 Å². The van der Waals surface area contributed by atoms with Gasteiger partial charge in [-0.15, -0.1) is 0 Å². The van der Waals surface area contributed by atoms with E-state index in [1.165, 1.54) is 12.0 Å². The zero-order valence-electron chi connectivity index (χ0n) is 10.7. The molecule has 1 fully saturated rings. The second-order valence-electron chi connectivity index (χ2n) is 5.20.